The highest BCUT2D eigenvalue weighted by molar-refractivity contribution is 8.00. The molecule has 1 aromatic heterocycles. The Bertz CT molecular complexity index is 3360. The Balaban J connectivity index is 1.03. The molecule has 3 amide bonds. The van der Waals surface area contributed by atoms with Crippen LogP contribution in [0.2, 0.25) is 0 Å². The van der Waals surface area contributed by atoms with Gasteiger partial charge in [0.1, 0.15) is 47.3 Å². The van der Waals surface area contributed by atoms with Gasteiger partial charge in [0.2, 0.25) is 5.60 Å². The summed E-state index contributed by atoms with van der Waals surface area (Å²) in [6.45, 7) is 3.45. The third-order valence-corrected chi connectivity index (χ3v) is 15.8. The molecule has 2 atom stereocenters. The van der Waals surface area contributed by atoms with E-state index in [1.807, 2.05) is 159 Å². The molecule has 0 saturated carbocycles. The van der Waals surface area contributed by atoms with E-state index in [4.69, 9.17) is 29.2 Å². The second-order valence-electron chi connectivity index (χ2n) is 19.3. The van der Waals surface area contributed by atoms with Crippen molar-refractivity contribution in [3.8, 4) is 5.75 Å². The van der Waals surface area contributed by atoms with Gasteiger partial charge in [-0.25, -0.2) is 14.6 Å². The van der Waals surface area contributed by atoms with E-state index >= 15 is 4.79 Å². The summed E-state index contributed by atoms with van der Waals surface area (Å²) in [5.41, 5.74) is 3.85. The van der Waals surface area contributed by atoms with E-state index < -0.39 is 46.4 Å². The fourth-order valence-corrected chi connectivity index (χ4v) is 11.9. The van der Waals surface area contributed by atoms with E-state index in [1.165, 1.54) is 28.0 Å². The zero-order valence-corrected chi connectivity index (χ0v) is 46.3. The molecule has 0 spiro atoms. The highest BCUT2D eigenvalue weighted by atomic mass is 32.2. The van der Waals surface area contributed by atoms with Gasteiger partial charge in [0, 0.05) is 33.9 Å². The number of amides is 3. The van der Waals surface area contributed by atoms with Gasteiger partial charge in [-0.3, -0.25) is 14.5 Å². The Morgan fingerprint density at radius 3 is 1.70 bits per heavy atom. The average molecular weight is 1120 g/mol. The number of esters is 1. The van der Waals surface area contributed by atoms with Gasteiger partial charge in [0.05, 0.1) is 7.11 Å². The van der Waals surface area contributed by atoms with Crippen molar-refractivity contribution in [3.05, 3.63) is 280 Å². The van der Waals surface area contributed by atoms with Gasteiger partial charge >= 0.3 is 12.1 Å². The van der Waals surface area contributed by atoms with Crippen LogP contribution in [0.5, 0.6) is 5.75 Å². The molecule has 14 nitrogen and oxygen atoms in total. The summed E-state index contributed by atoms with van der Waals surface area (Å²) >= 11 is 2.64. The number of alkyl carbamates (subject to hydrolysis) is 1. The SMILES string of the molecule is COc1ccc(COC(=O)C2=C(/C=C\COC(=O)NC(C)C)CS[C@@H]3C(NC(=O)/C(=N\OC(c4ccccc4)(c4ccccc4)c4ccccc4)c4csc(NC(c5ccccc5)(c5ccccc5)c5ccccc5)n4)C(=O)N23)cc1. The van der Waals surface area contributed by atoms with E-state index in [0.717, 1.165) is 33.4 Å². The first-order valence-corrected chi connectivity index (χ1v) is 28.2. The van der Waals surface area contributed by atoms with Crippen molar-refractivity contribution >= 4 is 57.8 Å². The number of hydrogen-bond donors (Lipinski definition) is 3. The van der Waals surface area contributed by atoms with Crippen molar-refractivity contribution in [1.29, 1.82) is 0 Å². The van der Waals surface area contributed by atoms with Gasteiger partial charge in [-0.05, 0) is 59.9 Å². The maximum Gasteiger partial charge on any atom is 0.407 e. The molecule has 8 aromatic rings. The zero-order valence-electron chi connectivity index (χ0n) is 44.6. The van der Waals surface area contributed by atoms with Crippen LogP contribution in [0.25, 0.3) is 0 Å². The van der Waals surface area contributed by atoms with Crippen LogP contribution >= 0.6 is 23.1 Å². The van der Waals surface area contributed by atoms with Gasteiger partial charge < -0.3 is 35.0 Å². The van der Waals surface area contributed by atoms with Crippen molar-refractivity contribution in [2.24, 2.45) is 5.16 Å². The zero-order chi connectivity index (χ0) is 56.2. The number of carbonyl (C=O) groups excluding carboxylic acids is 4. The van der Waals surface area contributed by atoms with E-state index in [0.29, 0.717) is 22.0 Å². The molecule has 0 radical (unpaired) electrons. The van der Waals surface area contributed by atoms with Crippen LogP contribution in [0, 0.1) is 0 Å². The summed E-state index contributed by atoms with van der Waals surface area (Å²) < 4.78 is 16.5. The van der Waals surface area contributed by atoms with Crippen LogP contribution in [-0.2, 0) is 46.4 Å². The Morgan fingerprint density at radius 1 is 0.704 bits per heavy atom. The third kappa shape index (κ3) is 11.9. The number of thiazole rings is 1. The van der Waals surface area contributed by atoms with E-state index in [1.54, 1.807) is 48.9 Å². The summed E-state index contributed by atoms with van der Waals surface area (Å²) in [7, 11) is 1.56. The number of nitrogens with zero attached hydrogens (tertiary/aromatic N) is 3. The van der Waals surface area contributed by atoms with Crippen LogP contribution in [0.1, 0.15) is 58.5 Å². The van der Waals surface area contributed by atoms with Crippen molar-refractivity contribution in [3.63, 3.8) is 0 Å². The third-order valence-electron chi connectivity index (χ3n) is 13.7. The predicted octanol–water partition coefficient (Wildman–Crippen LogP) is 11.4. The number of carbonyl (C=O) groups is 4. The van der Waals surface area contributed by atoms with E-state index in [-0.39, 0.29) is 42.1 Å². The summed E-state index contributed by atoms with van der Waals surface area (Å²) in [4.78, 5) is 70.1. The number of fused-ring (bicyclic) bond motifs is 1. The Kier molecular flexibility index (Phi) is 17.2. The standard InChI is InChI=1S/C65H58N6O8S2/c1-44(2)66-63(75)77-40-22-23-46-42-80-60-56(59(73)71(60)57(46)61(74)78-41-45-36-38-53(76-3)39-37-45)68-58(72)55(70-79-65(50-30-16-7-17-31-50,51-32-18-8-19-33-51)52-34-20-9-21-35-52)54-43-81-62(67-54)69-64(47-24-10-4-11-25-47,48-26-12-5-13-27-48)49-28-14-6-15-29-49/h4-39,43-44,56,60H,40-42H2,1-3H3,(H,66,75)(H,67,69)(H,68,72)/b23-22-,70-55-/t56?,60-/m1/s1. The van der Waals surface area contributed by atoms with Crippen LogP contribution in [-0.4, -0.2) is 76.4 Å². The number of oxime groups is 1. The van der Waals surface area contributed by atoms with Gasteiger partial charge in [-0.1, -0.05) is 205 Å². The molecule has 7 aromatic carbocycles. The lowest BCUT2D eigenvalue weighted by molar-refractivity contribution is -0.153. The van der Waals surface area contributed by atoms with Crippen LogP contribution in [0.15, 0.2) is 240 Å². The minimum atomic E-state index is -1.39. The number of nitrogens with one attached hydrogen (secondary N) is 3. The lowest BCUT2D eigenvalue weighted by Crippen LogP contribution is -2.71. The lowest BCUT2D eigenvalue weighted by Gasteiger charge is -2.49. The monoisotopic (exact) mass is 1110 g/mol. The molecular formula is C65H58N6O8S2. The molecule has 0 aliphatic carbocycles. The van der Waals surface area contributed by atoms with Gasteiger partial charge in [-0.2, -0.15) is 0 Å². The molecule has 1 saturated heterocycles. The van der Waals surface area contributed by atoms with Crippen molar-refractivity contribution < 1.29 is 38.2 Å². The molecule has 3 N–H and O–H groups in total. The van der Waals surface area contributed by atoms with Gasteiger partial charge in [-0.15, -0.1) is 23.1 Å². The molecule has 10 rings (SSSR count). The molecule has 0 bridgehead atoms. The first-order valence-electron chi connectivity index (χ1n) is 26.3. The molecule has 16 heteroatoms. The number of rotatable bonds is 21. The summed E-state index contributed by atoms with van der Waals surface area (Å²) in [6.07, 6.45) is 2.65. The van der Waals surface area contributed by atoms with E-state index in [2.05, 4.69) is 52.3 Å². The second-order valence-corrected chi connectivity index (χ2v) is 21.2. The highest BCUT2D eigenvalue weighted by Crippen LogP contribution is 2.44. The van der Waals surface area contributed by atoms with Crippen molar-refractivity contribution in [1.82, 2.24) is 20.5 Å². The van der Waals surface area contributed by atoms with Gasteiger partial charge in [0.15, 0.2) is 10.8 Å². The Hall–Kier alpha value is -9.25. The minimum absolute atomic E-state index is 0.00943. The first-order chi connectivity index (χ1) is 39.6. The molecule has 408 valence electrons. The molecule has 3 heterocycles. The van der Waals surface area contributed by atoms with Crippen molar-refractivity contribution in [2.75, 3.05) is 24.8 Å². The molecular weight excluding hydrogens is 1060 g/mol. The number of benzene rings is 7. The predicted molar refractivity (Wildman–Crippen MR) is 315 cm³/mol. The maximum absolute atomic E-state index is 15.4. The fraction of sp³-hybridized carbons (Fsp3) is 0.169. The number of thioether (sulfide) groups is 1. The summed E-state index contributed by atoms with van der Waals surface area (Å²) in [6, 6.07) is 65.1. The number of anilines is 1. The first kappa shape index (κ1) is 55.1. The molecule has 1 unspecified atom stereocenters. The molecule has 2 aliphatic heterocycles. The van der Waals surface area contributed by atoms with Crippen LogP contribution < -0.4 is 20.7 Å². The largest absolute Gasteiger partial charge is 0.497 e. The lowest BCUT2D eigenvalue weighted by atomic mass is 9.77. The molecule has 81 heavy (non-hydrogen) atoms. The smallest absolute Gasteiger partial charge is 0.407 e. The quantitative estimate of drug-likeness (QED) is 0.0206. The number of β-lactam (4-membered cyclic amide) rings is 1. The van der Waals surface area contributed by atoms with Gasteiger partial charge in [0.25, 0.3) is 11.8 Å². The molecule has 2 aliphatic rings. The number of methoxy groups -OCH3 is 1. The number of allylic oxidation sites excluding steroid dienone is 1. The van der Waals surface area contributed by atoms with E-state index in [9.17, 15) is 14.4 Å². The Labute approximate surface area is 478 Å². The van der Waals surface area contributed by atoms with Crippen molar-refractivity contribution in [2.45, 2.75) is 49.1 Å². The maximum atomic E-state index is 15.4. The second kappa shape index (κ2) is 25.3. The van der Waals surface area contributed by atoms with Crippen LogP contribution in [0.3, 0.4) is 0 Å². The highest BCUT2D eigenvalue weighted by Gasteiger charge is 2.55. The number of aromatic nitrogens is 1. The minimum Gasteiger partial charge on any atom is -0.497 e. The number of ether oxygens (including phenoxy) is 3. The average Bonchev–Trinajstić information content (AvgIpc) is 3.98. The normalized spacial score (nSPS) is 15.3. The fourth-order valence-electron chi connectivity index (χ4n) is 9.88. The summed E-state index contributed by atoms with van der Waals surface area (Å²) in [5, 5.41) is 15.8. The molecule has 1 fully saturated rings. The Morgan fingerprint density at radius 2 is 1.21 bits per heavy atom. The topological polar surface area (TPSA) is 170 Å². The summed E-state index contributed by atoms with van der Waals surface area (Å²) in [5.74, 6) is -1.16. The number of hydrogen-bond acceptors (Lipinski definition) is 13. The van der Waals surface area contributed by atoms with Crippen LogP contribution in [0.4, 0.5) is 9.93 Å².